The van der Waals surface area contributed by atoms with Crippen LogP contribution in [0.4, 0.5) is 0 Å². The molecule has 1 aromatic carbocycles. The Hall–Kier alpha value is -0.910. The Labute approximate surface area is 109 Å². The summed E-state index contributed by atoms with van der Waals surface area (Å²) in [4.78, 5) is 0. The molecule has 1 aromatic rings. The van der Waals surface area contributed by atoms with E-state index in [4.69, 9.17) is 0 Å². The van der Waals surface area contributed by atoms with Crippen molar-refractivity contribution in [2.24, 2.45) is 5.92 Å². The maximum Gasteiger partial charge on any atom is 0.279 e. The Balaban J connectivity index is 1.88. The van der Waals surface area contributed by atoms with Crippen molar-refractivity contribution in [3.63, 3.8) is 0 Å². The topological polar surface area (TPSA) is 49.4 Å². The van der Waals surface area contributed by atoms with Crippen molar-refractivity contribution in [3.8, 4) is 0 Å². The van der Waals surface area contributed by atoms with E-state index in [1.54, 1.807) is 0 Å². The zero-order chi connectivity index (χ0) is 13.0. The summed E-state index contributed by atoms with van der Waals surface area (Å²) >= 11 is 0. The lowest BCUT2D eigenvalue weighted by molar-refractivity contribution is 0.271. The molecule has 4 nitrogen and oxygen atoms in total. The largest absolute Gasteiger partial charge is 0.279 e. The van der Waals surface area contributed by atoms with E-state index in [0.717, 1.165) is 19.3 Å². The van der Waals surface area contributed by atoms with E-state index in [9.17, 15) is 8.42 Å². The van der Waals surface area contributed by atoms with Gasteiger partial charge in [-0.2, -0.15) is 12.7 Å². The van der Waals surface area contributed by atoms with Crippen LogP contribution >= 0.6 is 0 Å². The Morgan fingerprint density at radius 1 is 1.22 bits per heavy atom. The second-order valence-corrected chi connectivity index (χ2v) is 6.62. The molecule has 1 heterocycles. The van der Waals surface area contributed by atoms with Gasteiger partial charge in [0.15, 0.2) is 0 Å². The first-order valence-corrected chi connectivity index (χ1v) is 7.78. The third-order valence-electron chi connectivity index (χ3n) is 3.54. The minimum atomic E-state index is -3.23. The molecule has 18 heavy (non-hydrogen) atoms. The number of benzene rings is 1. The molecule has 0 spiro atoms. The highest BCUT2D eigenvalue weighted by atomic mass is 32.2. The molecular weight excluding hydrogens is 248 g/mol. The Kier molecular flexibility index (Phi) is 4.37. The smallest absolute Gasteiger partial charge is 0.205 e. The van der Waals surface area contributed by atoms with Crippen LogP contribution in [0.15, 0.2) is 30.3 Å². The third-order valence-corrected chi connectivity index (χ3v) is 5.10. The minimum absolute atomic E-state index is 0.593. The van der Waals surface area contributed by atoms with Gasteiger partial charge in [0.1, 0.15) is 0 Å². The van der Waals surface area contributed by atoms with Gasteiger partial charge < -0.3 is 0 Å². The Bertz CT molecular complexity index is 465. The van der Waals surface area contributed by atoms with E-state index < -0.39 is 10.2 Å². The van der Waals surface area contributed by atoms with Crippen molar-refractivity contribution < 1.29 is 8.42 Å². The highest BCUT2D eigenvalue weighted by Crippen LogP contribution is 2.22. The molecule has 5 heteroatoms. The summed E-state index contributed by atoms with van der Waals surface area (Å²) in [5.41, 5.74) is 1.34. The summed E-state index contributed by atoms with van der Waals surface area (Å²) in [5, 5.41) is 0. The molecule has 0 radical (unpaired) electrons. The van der Waals surface area contributed by atoms with Crippen molar-refractivity contribution >= 4 is 10.2 Å². The standard InChI is InChI=1S/C13H20N2O2S/c1-14-18(16,17)15-9-7-13(8-10-15)11-12-5-3-2-4-6-12/h2-6,13-14H,7-11H2,1H3. The third kappa shape index (κ3) is 3.31. The Morgan fingerprint density at radius 2 is 1.83 bits per heavy atom. The SMILES string of the molecule is CNS(=O)(=O)N1CCC(Cc2ccccc2)CC1. The van der Waals surface area contributed by atoms with Crippen molar-refractivity contribution in [3.05, 3.63) is 35.9 Å². The molecule has 0 unspecified atom stereocenters. The van der Waals surface area contributed by atoms with E-state index >= 15 is 0 Å². The van der Waals surface area contributed by atoms with Gasteiger partial charge in [-0.15, -0.1) is 0 Å². The lowest BCUT2D eigenvalue weighted by Crippen LogP contribution is -2.43. The minimum Gasteiger partial charge on any atom is -0.205 e. The van der Waals surface area contributed by atoms with Gasteiger partial charge in [0.2, 0.25) is 0 Å². The summed E-state index contributed by atoms with van der Waals surface area (Å²) in [5.74, 6) is 0.593. The van der Waals surface area contributed by atoms with Crippen LogP contribution < -0.4 is 4.72 Å². The van der Waals surface area contributed by atoms with Crippen molar-refractivity contribution in [2.75, 3.05) is 20.1 Å². The van der Waals surface area contributed by atoms with Crippen LogP contribution in [0.1, 0.15) is 18.4 Å². The summed E-state index contributed by atoms with van der Waals surface area (Å²) in [6.45, 7) is 1.25. The molecule has 1 aliphatic rings. The fourth-order valence-electron chi connectivity index (χ4n) is 2.43. The molecule has 0 aromatic heterocycles. The van der Waals surface area contributed by atoms with Crippen LogP contribution in [0.2, 0.25) is 0 Å². The van der Waals surface area contributed by atoms with Crippen LogP contribution in [-0.4, -0.2) is 32.9 Å². The van der Waals surface area contributed by atoms with Gasteiger partial charge in [-0.25, -0.2) is 4.72 Å². The molecule has 1 aliphatic heterocycles. The molecule has 1 fully saturated rings. The quantitative estimate of drug-likeness (QED) is 0.897. The van der Waals surface area contributed by atoms with Gasteiger partial charge in [0.05, 0.1) is 0 Å². The van der Waals surface area contributed by atoms with Crippen LogP contribution in [0.3, 0.4) is 0 Å². The van der Waals surface area contributed by atoms with Crippen LogP contribution in [0.5, 0.6) is 0 Å². The molecular formula is C13H20N2O2S. The molecule has 1 saturated heterocycles. The monoisotopic (exact) mass is 268 g/mol. The van der Waals surface area contributed by atoms with Crippen LogP contribution in [0, 0.1) is 5.92 Å². The van der Waals surface area contributed by atoms with Crippen molar-refractivity contribution in [1.82, 2.24) is 9.03 Å². The molecule has 100 valence electrons. The fraction of sp³-hybridized carbons (Fsp3) is 0.538. The number of piperidine rings is 1. The highest BCUT2D eigenvalue weighted by molar-refractivity contribution is 7.87. The first kappa shape index (κ1) is 13.5. The maximum absolute atomic E-state index is 11.6. The second-order valence-electron chi connectivity index (χ2n) is 4.74. The molecule has 0 aliphatic carbocycles. The average molecular weight is 268 g/mol. The number of hydrogen-bond acceptors (Lipinski definition) is 2. The molecule has 1 N–H and O–H groups in total. The highest BCUT2D eigenvalue weighted by Gasteiger charge is 2.26. The predicted octanol–water partition coefficient (Wildman–Crippen LogP) is 1.41. The zero-order valence-electron chi connectivity index (χ0n) is 10.7. The molecule has 2 rings (SSSR count). The first-order valence-electron chi connectivity index (χ1n) is 6.34. The average Bonchev–Trinajstić information content (AvgIpc) is 2.40. The number of nitrogens with zero attached hydrogens (tertiary/aromatic N) is 1. The normalized spacial score (nSPS) is 18.9. The van der Waals surface area contributed by atoms with Gasteiger partial charge in [-0.05, 0) is 30.7 Å². The summed E-state index contributed by atoms with van der Waals surface area (Å²) in [6.07, 6.45) is 2.93. The zero-order valence-corrected chi connectivity index (χ0v) is 11.5. The van der Waals surface area contributed by atoms with Gasteiger partial charge in [-0.3, -0.25) is 0 Å². The van der Waals surface area contributed by atoms with E-state index in [0.29, 0.717) is 19.0 Å². The van der Waals surface area contributed by atoms with Crippen LogP contribution in [0.25, 0.3) is 0 Å². The summed E-state index contributed by atoms with van der Waals surface area (Å²) in [7, 11) is -1.77. The number of hydrogen-bond donors (Lipinski definition) is 1. The van der Waals surface area contributed by atoms with E-state index in [1.807, 2.05) is 6.07 Å². The van der Waals surface area contributed by atoms with Crippen LogP contribution in [-0.2, 0) is 16.6 Å². The van der Waals surface area contributed by atoms with Gasteiger partial charge in [0.25, 0.3) is 10.2 Å². The second kappa shape index (κ2) is 5.82. The summed E-state index contributed by atoms with van der Waals surface area (Å²) in [6, 6.07) is 10.4. The number of nitrogens with one attached hydrogen (secondary N) is 1. The molecule has 0 atom stereocenters. The molecule has 0 amide bonds. The van der Waals surface area contributed by atoms with Gasteiger partial charge in [0, 0.05) is 20.1 Å². The van der Waals surface area contributed by atoms with Gasteiger partial charge >= 0.3 is 0 Å². The maximum atomic E-state index is 11.6. The molecule has 0 saturated carbocycles. The van der Waals surface area contributed by atoms with E-state index in [1.165, 1.54) is 16.9 Å². The first-order chi connectivity index (χ1) is 8.62. The van der Waals surface area contributed by atoms with Gasteiger partial charge in [-0.1, -0.05) is 30.3 Å². The lowest BCUT2D eigenvalue weighted by Gasteiger charge is -2.30. The van der Waals surface area contributed by atoms with Crippen molar-refractivity contribution in [1.29, 1.82) is 0 Å². The molecule has 0 bridgehead atoms. The fourth-order valence-corrected chi connectivity index (χ4v) is 3.38. The Morgan fingerprint density at radius 3 is 2.39 bits per heavy atom. The predicted molar refractivity (Wildman–Crippen MR) is 72.4 cm³/mol. The number of rotatable bonds is 4. The lowest BCUT2D eigenvalue weighted by atomic mass is 9.91. The van der Waals surface area contributed by atoms with Crippen molar-refractivity contribution in [2.45, 2.75) is 19.3 Å². The summed E-state index contributed by atoms with van der Waals surface area (Å²) < 4.78 is 27.2. The van der Waals surface area contributed by atoms with E-state index in [2.05, 4.69) is 29.0 Å². The van der Waals surface area contributed by atoms with E-state index in [-0.39, 0.29) is 0 Å².